The van der Waals surface area contributed by atoms with Crippen molar-refractivity contribution in [2.24, 2.45) is 0 Å². The molecule has 6 nitrogen and oxygen atoms in total. The van der Waals surface area contributed by atoms with Crippen molar-refractivity contribution >= 4 is 61.1 Å². The van der Waals surface area contributed by atoms with Crippen molar-refractivity contribution in [3.05, 3.63) is 92.4 Å². The Morgan fingerprint density at radius 2 is 1.73 bits per heavy atom. The molecule has 0 fully saturated rings. The Morgan fingerprint density at radius 1 is 1.03 bits per heavy atom. The van der Waals surface area contributed by atoms with Gasteiger partial charge in [0.05, 0.1) is 4.47 Å². The third kappa shape index (κ3) is 6.78. The molecule has 3 aromatic rings. The van der Waals surface area contributed by atoms with E-state index in [0.717, 1.165) is 5.56 Å². The van der Waals surface area contributed by atoms with Crippen LogP contribution in [0.2, 0.25) is 0 Å². The molecular weight excluding hydrogens is 550 g/mol. The molecule has 0 aliphatic heterocycles. The van der Waals surface area contributed by atoms with Crippen LogP contribution in [0.1, 0.15) is 11.1 Å². The first-order chi connectivity index (χ1) is 15.9. The zero-order valence-electron chi connectivity index (χ0n) is 17.6. The van der Waals surface area contributed by atoms with Crippen molar-refractivity contribution in [1.82, 2.24) is 0 Å². The number of rotatable bonds is 7. The van der Waals surface area contributed by atoms with E-state index in [1.165, 1.54) is 6.08 Å². The van der Waals surface area contributed by atoms with Crippen molar-refractivity contribution in [2.45, 2.75) is 6.92 Å². The van der Waals surface area contributed by atoms with E-state index in [0.29, 0.717) is 31.6 Å². The van der Waals surface area contributed by atoms with Gasteiger partial charge in [0, 0.05) is 21.4 Å². The van der Waals surface area contributed by atoms with Crippen LogP contribution >= 0.6 is 31.9 Å². The Bertz CT molecular complexity index is 1250. The monoisotopic (exact) mass is 567 g/mol. The highest BCUT2D eigenvalue weighted by Gasteiger charge is 2.15. The van der Waals surface area contributed by atoms with Crippen LogP contribution < -0.4 is 15.4 Å². The van der Waals surface area contributed by atoms with E-state index in [-0.39, 0.29) is 18.1 Å². The number of carbonyl (C=O) groups excluding carboxylic acids is 2. The van der Waals surface area contributed by atoms with E-state index in [2.05, 4.69) is 42.5 Å². The number of nitriles is 1. The molecule has 0 unspecified atom stereocenters. The maximum Gasteiger partial charge on any atom is 0.266 e. The molecule has 0 aliphatic rings. The first-order valence-electron chi connectivity index (χ1n) is 9.83. The average molecular weight is 569 g/mol. The molecule has 0 saturated heterocycles. The summed E-state index contributed by atoms with van der Waals surface area (Å²) in [6.07, 6.45) is 1.42. The number of hydrogen-bond donors (Lipinski definition) is 2. The van der Waals surface area contributed by atoms with Gasteiger partial charge in [-0.25, -0.2) is 0 Å². The van der Waals surface area contributed by atoms with Crippen LogP contribution in [0.4, 0.5) is 11.4 Å². The third-order valence-corrected chi connectivity index (χ3v) is 5.55. The van der Waals surface area contributed by atoms with Crippen molar-refractivity contribution in [2.75, 3.05) is 17.2 Å². The van der Waals surface area contributed by atoms with Gasteiger partial charge in [-0.15, -0.1) is 0 Å². The molecule has 0 bridgehead atoms. The van der Waals surface area contributed by atoms with Gasteiger partial charge in [0.1, 0.15) is 17.4 Å². The molecule has 3 rings (SSSR count). The molecule has 0 aliphatic carbocycles. The quantitative estimate of drug-likeness (QED) is 0.267. The van der Waals surface area contributed by atoms with Crippen LogP contribution in [0.15, 0.2) is 81.2 Å². The van der Waals surface area contributed by atoms with Crippen molar-refractivity contribution < 1.29 is 14.3 Å². The Morgan fingerprint density at radius 3 is 2.42 bits per heavy atom. The second-order valence-corrected chi connectivity index (χ2v) is 8.72. The topological polar surface area (TPSA) is 91.2 Å². The summed E-state index contributed by atoms with van der Waals surface area (Å²) in [7, 11) is 0. The molecule has 8 heteroatoms. The predicted octanol–water partition coefficient (Wildman–Crippen LogP) is 6.08. The maximum atomic E-state index is 12.6. The SMILES string of the molecule is Cc1ccccc1NC(=O)COc1c(Br)cc(Br)cc1/C=C(\C#N)C(=O)Nc1ccccc1. The summed E-state index contributed by atoms with van der Waals surface area (Å²) in [4.78, 5) is 25.0. The lowest BCUT2D eigenvalue weighted by Crippen LogP contribution is -2.21. The van der Waals surface area contributed by atoms with Gasteiger partial charge in [0.2, 0.25) is 0 Å². The lowest BCUT2D eigenvalue weighted by molar-refractivity contribution is -0.118. The summed E-state index contributed by atoms with van der Waals surface area (Å²) in [5, 5.41) is 15.1. The van der Waals surface area contributed by atoms with Gasteiger partial charge in [-0.1, -0.05) is 52.3 Å². The number of nitrogens with zero attached hydrogens (tertiary/aromatic N) is 1. The van der Waals surface area contributed by atoms with Crippen molar-refractivity contribution in [3.8, 4) is 11.8 Å². The van der Waals surface area contributed by atoms with Gasteiger partial charge in [0.25, 0.3) is 11.8 Å². The summed E-state index contributed by atoms with van der Waals surface area (Å²) in [6.45, 7) is 1.64. The summed E-state index contributed by atoms with van der Waals surface area (Å²) in [5.74, 6) is -0.558. The first-order valence-corrected chi connectivity index (χ1v) is 11.4. The van der Waals surface area contributed by atoms with Crippen molar-refractivity contribution in [1.29, 1.82) is 5.26 Å². The average Bonchev–Trinajstić information content (AvgIpc) is 2.78. The highest BCUT2D eigenvalue weighted by Crippen LogP contribution is 2.34. The number of ether oxygens (including phenoxy) is 1. The molecule has 166 valence electrons. The minimum absolute atomic E-state index is 0.113. The fourth-order valence-corrected chi connectivity index (χ4v) is 4.27. The number of para-hydroxylation sites is 2. The Balaban J connectivity index is 1.81. The summed E-state index contributed by atoms with van der Waals surface area (Å²) < 4.78 is 7.04. The minimum atomic E-state index is -0.553. The normalized spacial score (nSPS) is 10.8. The number of carbonyl (C=O) groups is 2. The number of aryl methyl sites for hydroxylation is 1. The highest BCUT2D eigenvalue weighted by molar-refractivity contribution is 9.11. The Hall–Kier alpha value is -3.41. The van der Waals surface area contributed by atoms with Crippen LogP contribution in [0.25, 0.3) is 6.08 Å². The Labute approximate surface area is 208 Å². The fraction of sp³-hybridized carbons (Fsp3) is 0.0800. The lowest BCUT2D eigenvalue weighted by atomic mass is 10.1. The van der Waals surface area contributed by atoms with Crippen LogP contribution in [0.3, 0.4) is 0 Å². The number of hydrogen-bond acceptors (Lipinski definition) is 4. The molecule has 3 aromatic carbocycles. The zero-order chi connectivity index (χ0) is 23.8. The van der Waals surface area contributed by atoms with Crippen LogP contribution in [-0.4, -0.2) is 18.4 Å². The third-order valence-electron chi connectivity index (χ3n) is 4.50. The number of benzene rings is 3. The molecule has 0 heterocycles. The molecular formula is C25H19Br2N3O3. The predicted molar refractivity (Wildman–Crippen MR) is 136 cm³/mol. The van der Waals surface area contributed by atoms with E-state index in [4.69, 9.17) is 4.74 Å². The maximum absolute atomic E-state index is 12.6. The van der Waals surface area contributed by atoms with E-state index in [1.807, 2.05) is 43.3 Å². The smallest absolute Gasteiger partial charge is 0.266 e. The number of nitrogens with one attached hydrogen (secondary N) is 2. The molecule has 0 atom stereocenters. The lowest BCUT2D eigenvalue weighted by Gasteiger charge is -2.13. The summed E-state index contributed by atoms with van der Waals surface area (Å²) in [6, 6.07) is 21.7. The molecule has 0 saturated carbocycles. The molecule has 2 N–H and O–H groups in total. The molecule has 0 spiro atoms. The van der Waals surface area contributed by atoms with Gasteiger partial charge in [-0.05, 0) is 64.8 Å². The highest BCUT2D eigenvalue weighted by atomic mass is 79.9. The van der Waals surface area contributed by atoms with E-state index in [9.17, 15) is 14.9 Å². The van der Waals surface area contributed by atoms with Gasteiger partial charge in [0.15, 0.2) is 6.61 Å². The Kier molecular flexibility index (Phi) is 8.41. The first kappa shape index (κ1) is 24.2. The van der Waals surface area contributed by atoms with Crippen LogP contribution in [0, 0.1) is 18.3 Å². The second-order valence-electron chi connectivity index (χ2n) is 6.95. The van der Waals surface area contributed by atoms with Gasteiger partial charge >= 0.3 is 0 Å². The summed E-state index contributed by atoms with van der Waals surface area (Å²) in [5.41, 5.74) is 2.55. The fourth-order valence-electron chi connectivity index (χ4n) is 2.90. The van der Waals surface area contributed by atoms with E-state index < -0.39 is 5.91 Å². The molecule has 33 heavy (non-hydrogen) atoms. The molecule has 0 radical (unpaired) electrons. The zero-order valence-corrected chi connectivity index (χ0v) is 20.7. The molecule has 2 amide bonds. The summed E-state index contributed by atoms with van der Waals surface area (Å²) >= 11 is 6.83. The van der Waals surface area contributed by atoms with Gasteiger partial charge in [-0.3, -0.25) is 9.59 Å². The number of amides is 2. The van der Waals surface area contributed by atoms with Crippen molar-refractivity contribution in [3.63, 3.8) is 0 Å². The molecule has 0 aromatic heterocycles. The van der Waals surface area contributed by atoms with Gasteiger partial charge in [-0.2, -0.15) is 5.26 Å². The standard InChI is InChI=1S/C25H19Br2N3O3/c1-16-7-5-6-10-22(16)30-23(31)15-33-24-17(12-19(26)13-21(24)27)11-18(14-28)25(32)29-20-8-3-2-4-9-20/h2-13H,15H2,1H3,(H,29,32)(H,30,31)/b18-11+. The second kappa shape index (κ2) is 11.5. The largest absolute Gasteiger partial charge is 0.482 e. The van der Waals surface area contributed by atoms with Gasteiger partial charge < -0.3 is 15.4 Å². The number of anilines is 2. The van der Waals surface area contributed by atoms with E-state index in [1.54, 1.807) is 36.4 Å². The van der Waals surface area contributed by atoms with E-state index >= 15 is 0 Å². The van der Waals surface area contributed by atoms with Crippen LogP contribution in [0.5, 0.6) is 5.75 Å². The van der Waals surface area contributed by atoms with Crippen LogP contribution in [-0.2, 0) is 9.59 Å². The minimum Gasteiger partial charge on any atom is -0.482 e. The number of halogens is 2.